The first-order chi connectivity index (χ1) is 4.60. The summed E-state index contributed by atoms with van der Waals surface area (Å²) < 4.78 is 0.524. The van der Waals surface area contributed by atoms with Crippen molar-refractivity contribution in [1.82, 2.24) is 0 Å². The molecule has 0 aromatic carbocycles. The third kappa shape index (κ3) is 1.94. The molecular formula is C7H18NO2+. The van der Waals surface area contributed by atoms with E-state index in [0.717, 1.165) is 13.1 Å². The largest absolute Gasteiger partial charge is 0.387 e. The highest BCUT2D eigenvalue weighted by atomic mass is 16.3. The van der Waals surface area contributed by atoms with E-state index in [1.165, 1.54) is 0 Å². The topological polar surface area (TPSA) is 40.5 Å². The van der Waals surface area contributed by atoms with Gasteiger partial charge in [-0.2, -0.15) is 0 Å². The summed E-state index contributed by atoms with van der Waals surface area (Å²) in [6.07, 6.45) is -0.630. The van der Waals surface area contributed by atoms with E-state index in [9.17, 15) is 5.11 Å². The Kier molecular flexibility index (Phi) is 3.86. The van der Waals surface area contributed by atoms with Crippen LogP contribution in [0.4, 0.5) is 0 Å². The van der Waals surface area contributed by atoms with Crippen LogP contribution in [0, 0.1) is 0 Å². The zero-order valence-corrected chi connectivity index (χ0v) is 7.04. The molecule has 0 fully saturated rings. The quantitative estimate of drug-likeness (QED) is 0.427. The Bertz CT molecular complexity index is 91.6. The maximum Gasteiger partial charge on any atom is 0.214 e. The highest BCUT2D eigenvalue weighted by molar-refractivity contribution is 4.38. The van der Waals surface area contributed by atoms with Crippen molar-refractivity contribution >= 4 is 0 Å². The zero-order chi connectivity index (χ0) is 8.20. The van der Waals surface area contributed by atoms with Crippen molar-refractivity contribution in [1.29, 1.82) is 0 Å². The van der Waals surface area contributed by atoms with E-state index in [1.54, 1.807) is 0 Å². The number of hydrogen-bond acceptors (Lipinski definition) is 2. The maximum atomic E-state index is 9.30. The Morgan fingerprint density at radius 1 is 1.30 bits per heavy atom. The molecule has 0 radical (unpaired) electrons. The average Bonchev–Trinajstić information content (AvgIpc) is 2.01. The number of aliphatic hydroxyl groups excluding tert-OH is 2. The van der Waals surface area contributed by atoms with Gasteiger partial charge in [-0.25, -0.2) is 0 Å². The van der Waals surface area contributed by atoms with Crippen molar-refractivity contribution in [3.8, 4) is 0 Å². The molecule has 0 heterocycles. The van der Waals surface area contributed by atoms with Gasteiger partial charge in [0, 0.05) is 0 Å². The summed E-state index contributed by atoms with van der Waals surface area (Å²) in [4.78, 5) is 0. The second-order valence-electron chi connectivity index (χ2n) is 2.78. The van der Waals surface area contributed by atoms with Gasteiger partial charge in [0.05, 0.1) is 20.1 Å². The Labute approximate surface area is 62.5 Å². The molecule has 3 nitrogen and oxygen atoms in total. The van der Waals surface area contributed by atoms with Crippen molar-refractivity contribution in [2.45, 2.75) is 20.1 Å². The molecule has 0 aromatic rings. The minimum absolute atomic E-state index is 0.155. The first-order valence-electron chi connectivity index (χ1n) is 3.73. The van der Waals surface area contributed by atoms with Gasteiger partial charge in [0.2, 0.25) is 6.23 Å². The van der Waals surface area contributed by atoms with Gasteiger partial charge >= 0.3 is 0 Å². The number of nitrogens with zero attached hydrogens (tertiary/aromatic N) is 1. The first kappa shape index (κ1) is 9.88. The van der Waals surface area contributed by atoms with Crippen LogP contribution in [0.25, 0.3) is 0 Å². The molecule has 0 spiro atoms. The maximum absolute atomic E-state index is 9.30. The molecule has 0 aliphatic heterocycles. The molecule has 0 saturated heterocycles. The van der Waals surface area contributed by atoms with Crippen LogP contribution in [0.1, 0.15) is 13.8 Å². The fraction of sp³-hybridized carbons (Fsp3) is 1.00. The Balaban J connectivity index is 4.02. The first-order valence-corrected chi connectivity index (χ1v) is 3.73. The number of rotatable bonds is 4. The molecule has 1 unspecified atom stereocenters. The van der Waals surface area contributed by atoms with Gasteiger partial charge in [-0.15, -0.1) is 0 Å². The third-order valence-electron chi connectivity index (χ3n) is 2.33. The lowest BCUT2D eigenvalue weighted by Gasteiger charge is -2.35. The highest BCUT2D eigenvalue weighted by Crippen LogP contribution is 2.05. The summed E-state index contributed by atoms with van der Waals surface area (Å²) >= 11 is 0. The van der Waals surface area contributed by atoms with E-state index in [-0.39, 0.29) is 6.61 Å². The molecule has 62 valence electrons. The van der Waals surface area contributed by atoms with Gasteiger partial charge in [-0.1, -0.05) is 0 Å². The Morgan fingerprint density at radius 3 is 1.80 bits per heavy atom. The summed E-state index contributed by atoms with van der Waals surface area (Å²) in [5.74, 6) is 0. The second kappa shape index (κ2) is 3.91. The van der Waals surface area contributed by atoms with Gasteiger partial charge in [0.15, 0.2) is 0 Å². The van der Waals surface area contributed by atoms with E-state index in [1.807, 2.05) is 20.9 Å². The molecule has 0 aromatic heterocycles. The molecule has 0 amide bonds. The normalized spacial score (nSPS) is 15.3. The van der Waals surface area contributed by atoms with Gasteiger partial charge in [-0.05, 0) is 13.8 Å². The predicted molar refractivity (Wildman–Crippen MR) is 40.4 cm³/mol. The fourth-order valence-corrected chi connectivity index (χ4v) is 0.842. The van der Waals surface area contributed by atoms with Crippen molar-refractivity contribution in [3.05, 3.63) is 0 Å². The SMILES string of the molecule is CC[N+](C)(CC)C(O)CO. The molecule has 0 rings (SSSR count). The third-order valence-corrected chi connectivity index (χ3v) is 2.33. The van der Waals surface area contributed by atoms with Gasteiger partial charge < -0.3 is 10.2 Å². The second-order valence-corrected chi connectivity index (χ2v) is 2.78. The van der Waals surface area contributed by atoms with Crippen LogP contribution in [0.2, 0.25) is 0 Å². The van der Waals surface area contributed by atoms with E-state index in [2.05, 4.69) is 0 Å². The molecule has 0 aliphatic carbocycles. The van der Waals surface area contributed by atoms with Crippen LogP contribution >= 0.6 is 0 Å². The number of hydrogen-bond donors (Lipinski definition) is 2. The van der Waals surface area contributed by atoms with Gasteiger partial charge in [-0.3, -0.25) is 4.48 Å². The molecule has 0 aliphatic rings. The predicted octanol–water partition coefficient (Wildman–Crippen LogP) is -0.216. The van der Waals surface area contributed by atoms with Crippen molar-refractivity contribution in [2.24, 2.45) is 0 Å². The standard InChI is InChI=1S/C7H18NO2/c1-4-8(3,5-2)7(10)6-9/h7,9-10H,4-6H2,1-3H3/q+1. The number of aliphatic hydroxyl groups is 2. The van der Waals surface area contributed by atoms with Gasteiger partial charge in [0.1, 0.15) is 6.61 Å². The molecule has 2 N–H and O–H groups in total. The molecule has 10 heavy (non-hydrogen) atoms. The van der Waals surface area contributed by atoms with Crippen LogP contribution in [0.3, 0.4) is 0 Å². The Morgan fingerprint density at radius 2 is 1.70 bits per heavy atom. The summed E-state index contributed by atoms with van der Waals surface area (Å²) in [5.41, 5.74) is 0. The smallest absolute Gasteiger partial charge is 0.214 e. The number of likely N-dealkylation sites (N-methyl/N-ethyl adjacent to an activating group) is 1. The summed E-state index contributed by atoms with van der Waals surface area (Å²) in [5, 5.41) is 18.0. The molecular weight excluding hydrogens is 130 g/mol. The van der Waals surface area contributed by atoms with Crippen LogP contribution in [-0.4, -0.2) is 47.7 Å². The lowest BCUT2D eigenvalue weighted by molar-refractivity contribution is -0.951. The Hall–Kier alpha value is -0.120. The highest BCUT2D eigenvalue weighted by Gasteiger charge is 2.25. The minimum atomic E-state index is -0.630. The van der Waals surface area contributed by atoms with Crippen LogP contribution in [0.5, 0.6) is 0 Å². The van der Waals surface area contributed by atoms with E-state index in [4.69, 9.17) is 5.11 Å². The monoisotopic (exact) mass is 148 g/mol. The summed E-state index contributed by atoms with van der Waals surface area (Å²) in [6.45, 7) is 5.54. The van der Waals surface area contributed by atoms with E-state index < -0.39 is 6.23 Å². The van der Waals surface area contributed by atoms with E-state index in [0.29, 0.717) is 4.48 Å². The summed E-state index contributed by atoms with van der Waals surface area (Å²) in [7, 11) is 1.93. The van der Waals surface area contributed by atoms with Crippen LogP contribution < -0.4 is 0 Å². The molecule has 0 saturated carbocycles. The van der Waals surface area contributed by atoms with Gasteiger partial charge in [0.25, 0.3) is 0 Å². The zero-order valence-electron chi connectivity index (χ0n) is 7.04. The van der Waals surface area contributed by atoms with Crippen molar-refractivity contribution < 1.29 is 14.7 Å². The molecule has 3 heteroatoms. The van der Waals surface area contributed by atoms with E-state index >= 15 is 0 Å². The lowest BCUT2D eigenvalue weighted by atomic mass is 10.3. The fourth-order valence-electron chi connectivity index (χ4n) is 0.842. The number of quaternary nitrogens is 1. The average molecular weight is 148 g/mol. The van der Waals surface area contributed by atoms with Crippen molar-refractivity contribution in [3.63, 3.8) is 0 Å². The summed E-state index contributed by atoms with van der Waals surface area (Å²) in [6, 6.07) is 0. The minimum Gasteiger partial charge on any atom is -0.387 e. The lowest BCUT2D eigenvalue weighted by Crippen LogP contribution is -2.53. The molecule has 1 atom stereocenters. The molecule has 0 bridgehead atoms. The van der Waals surface area contributed by atoms with Crippen LogP contribution in [0.15, 0.2) is 0 Å². The van der Waals surface area contributed by atoms with Crippen LogP contribution in [-0.2, 0) is 0 Å². The van der Waals surface area contributed by atoms with Crippen molar-refractivity contribution in [2.75, 3.05) is 26.7 Å².